The molecule has 0 spiro atoms. The van der Waals surface area contributed by atoms with E-state index in [4.69, 9.17) is 14.2 Å². The number of alkyl carbamates (subject to hydrolysis) is 1. The average molecular weight is 360 g/mol. The van der Waals surface area contributed by atoms with Gasteiger partial charge in [0.2, 0.25) is 0 Å². The summed E-state index contributed by atoms with van der Waals surface area (Å²) < 4.78 is 16.7. The van der Waals surface area contributed by atoms with Crippen molar-refractivity contribution in [1.29, 1.82) is 0 Å². The number of allylic oxidation sites excluding steroid dienone is 1. The lowest BCUT2D eigenvalue weighted by Gasteiger charge is -2.47. The molecule has 3 atom stereocenters. The number of β-lactam (4-membered cyclic amide) rings is 1. The van der Waals surface area contributed by atoms with Crippen LogP contribution in [0.1, 0.15) is 26.3 Å². The van der Waals surface area contributed by atoms with Crippen molar-refractivity contribution in [2.75, 3.05) is 6.61 Å². The number of ether oxygens (including phenoxy) is 3. The van der Waals surface area contributed by atoms with Gasteiger partial charge in [-0.15, -0.1) is 0 Å². The molecular formula is C19H24N2O5. The van der Waals surface area contributed by atoms with E-state index in [0.717, 1.165) is 5.56 Å². The van der Waals surface area contributed by atoms with Crippen LogP contribution < -0.4 is 5.32 Å². The van der Waals surface area contributed by atoms with Crippen molar-refractivity contribution in [3.05, 3.63) is 48.2 Å². The summed E-state index contributed by atoms with van der Waals surface area (Å²) in [6.45, 7) is 5.98. The fraction of sp³-hybridized carbons (Fsp3) is 0.474. The Labute approximate surface area is 152 Å². The molecule has 1 N–H and O–H groups in total. The molecule has 0 bridgehead atoms. The summed E-state index contributed by atoms with van der Waals surface area (Å²) in [4.78, 5) is 26.1. The molecule has 1 aromatic carbocycles. The third-order valence-electron chi connectivity index (χ3n) is 4.39. The third kappa shape index (κ3) is 3.89. The SMILES string of the molecule is CC=CN1C(=O)[C@@H](NC(=O)OCc2ccccc2)[C@H]1[C@@H]1COC(C)(C)O1. The fourth-order valence-corrected chi connectivity index (χ4v) is 3.18. The van der Waals surface area contributed by atoms with E-state index in [1.807, 2.05) is 51.1 Å². The average Bonchev–Trinajstić information content (AvgIpc) is 2.98. The smallest absolute Gasteiger partial charge is 0.408 e. The van der Waals surface area contributed by atoms with Gasteiger partial charge < -0.3 is 24.4 Å². The fourth-order valence-electron chi connectivity index (χ4n) is 3.18. The van der Waals surface area contributed by atoms with Gasteiger partial charge in [-0.1, -0.05) is 36.4 Å². The lowest BCUT2D eigenvalue weighted by molar-refractivity contribution is -0.168. The molecule has 2 aliphatic rings. The van der Waals surface area contributed by atoms with E-state index in [1.165, 1.54) is 0 Å². The Morgan fingerprint density at radius 3 is 2.73 bits per heavy atom. The Morgan fingerprint density at radius 1 is 1.38 bits per heavy atom. The summed E-state index contributed by atoms with van der Waals surface area (Å²) in [5.74, 6) is -0.901. The minimum atomic E-state index is -0.705. The number of benzene rings is 1. The molecule has 0 aromatic heterocycles. The lowest BCUT2D eigenvalue weighted by atomic mass is 9.90. The molecular weight excluding hydrogens is 336 g/mol. The summed E-state index contributed by atoms with van der Waals surface area (Å²) in [7, 11) is 0. The number of rotatable bonds is 5. The number of hydrogen-bond donors (Lipinski definition) is 1. The van der Waals surface area contributed by atoms with Crippen LogP contribution in [0.25, 0.3) is 0 Å². The molecule has 0 radical (unpaired) electrons. The highest BCUT2D eigenvalue weighted by molar-refractivity contribution is 5.93. The molecule has 2 heterocycles. The number of carbonyl (C=O) groups is 2. The Balaban J connectivity index is 1.61. The molecule has 2 fully saturated rings. The van der Waals surface area contributed by atoms with Gasteiger partial charge in [0.05, 0.1) is 12.6 Å². The lowest BCUT2D eigenvalue weighted by Crippen LogP contribution is -2.72. The van der Waals surface area contributed by atoms with Gasteiger partial charge in [0.25, 0.3) is 5.91 Å². The van der Waals surface area contributed by atoms with Crippen molar-refractivity contribution < 1.29 is 23.8 Å². The Bertz CT molecular complexity index is 688. The molecule has 2 amide bonds. The predicted octanol–water partition coefficient (Wildman–Crippen LogP) is 2.18. The van der Waals surface area contributed by atoms with Gasteiger partial charge >= 0.3 is 6.09 Å². The minimum Gasteiger partial charge on any atom is -0.445 e. The van der Waals surface area contributed by atoms with Crippen molar-refractivity contribution in [2.24, 2.45) is 0 Å². The quantitative estimate of drug-likeness (QED) is 0.815. The van der Waals surface area contributed by atoms with Crippen molar-refractivity contribution in [3.63, 3.8) is 0 Å². The molecule has 2 aliphatic heterocycles. The molecule has 2 saturated heterocycles. The summed E-state index contributed by atoms with van der Waals surface area (Å²) in [6.07, 6.45) is 2.51. The van der Waals surface area contributed by atoms with Crippen LogP contribution in [0.4, 0.5) is 4.79 Å². The first-order valence-corrected chi connectivity index (χ1v) is 8.65. The topological polar surface area (TPSA) is 77.1 Å². The number of amides is 2. The van der Waals surface area contributed by atoms with Crippen LogP contribution >= 0.6 is 0 Å². The van der Waals surface area contributed by atoms with Gasteiger partial charge in [-0.2, -0.15) is 0 Å². The van der Waals surface area contributed by atoms with E-state index in [2.05, 4.69) is 5.32 Å². The first-order chi connectivity index (χ1) is 12.4. The second-order valence-electron chi connectivity index (χ2n) is 6.77. The van der Waals surface area contributed by atoms with Crippen molar-refractivity contribution in [2.45, 2.75) is 51.4 Å². The van der Waals surface area contributed by atoms with Gasteiger partial charge in [-0.25, -0.2) is 4.79 Å². The molecule has 3 rings (SSSR count). The van der Waals surface area contributed by atoms with E-state index >= 15 is 0 Å². The highest BCUT2D eigenvalue weighted by atomic mass is 16.7. The number of nitrogens with one attached hydrogen (secondary N) is 1. The molecule has 0 saturated carbocycles. The highest BCUT2D eigenvalue weighted by Crippen LogP contribution is 2.33. The highest BCUT2D eigenvalue weighted by Gasteiger charge is 2.54. The summed E-state index contributed by atoms with van der Waals surface area (Å²) in [6, 6.07) is 8.34. The number of nitrogens with zero attached hydrogens (tertiary/aromatic N) is 1. The summed E-state index contributed by atoms with van der Waals surface area (Å²) in [5.41, 5.74) is 0.879. The minimum absolute atomic E-state index is 0.146. The van der Waals surface area contributed by atoms with Gasteiger partial charge in [-0.05, 0) is 26.3 Å². The van der Waals surface area contributed by atoms with Crippen molar-refractivity contribution in [1.82, 2.24) is 10.2 Å². The first-order valence-electron chi connectivity index (χ1n) is 8.65. The van der Waals surface area contributed by atoms with Crippen LogP contribution in [0.2, 0.25) is 0 Å². The predicted molar refractivity (Wildman–Crippen MR) is 93.9 cm³/mol. The maximum absolute atomic E-state index is 12.4. The van der Waals surface area contributed by atoms with E-state index in [1.54, 1.807) is 17.2 Å². The first kappa shape index (κ1) is 18.4. The monoisotopic (exact) mass is 360 g/mol. The maximum Gasteiger partial charge on any atom is 0.408 e. The number of carbonyl (C=O) groups excluding carboxylic acids is 2. The molecule has 7 heteroatoms. The maximum atomic E-state index is 12.4. The van der Waals surface area contributed by atoms with Crippen LogP contribution in [0.15, 0.2) is 42.6 Å². The Morgan fingerprint density at radius 2 is 2.12 bits per heavy atom. The van der Waals surface area contributed by atoms with Crippen LogP contribution in [0.3, 0.4) is 0 Å². The van der Waals surface area contributed by atoms with Gasteiger partial charge in [0.15, 0.2) is 5.79 Å². The number of likely N-dealkylation sites (tertiary alicyclic amines) is 1. The molecule has 7 nitrogen and oxygen atoms in total. The molecule has 0 unspecified atom stereocenters. The summed E-state index contributed by atoms with van der Waals surface area (Å²) >= 11 is 0. The van der Waals surface area contributed by atoms with E-state index in [9.17, 15) is 9.59 Å². The van der Waals surface area contributed by atoms with E-state index in [-0.39, 0.29) is 24.7 Å². The van der Waals surface area contributed by atoms with Gasteiger partial charge in [0, 0.05) is 6.20 Å². The standard InChI is InChI=1S/C19H24N2O5/c1-4-10-21-16(14-12-25-19(2,3)26-14)15(17(21)22)20-18(23)24-11-13-8-6-5-7-9-13/h4-10,14-16H,11-12H2,1-3H3,(H,20,23)/t14-,15-,16+/m0/s1. The Kier molecular flexibility index (Phi) is 5.29. The molecule has 26 heavy (non-hydrogen) atoms. The zero-order chi connectivity index (χ0) is 18.7. The van der Waals surface area contributed by atoms with Crippen LogP contribution in [-0.2, 0) is 25.6 Å². The molecule has 0 aliphatic carbocycles. The largest absolute Gasteiger partial charge is 0.445 e. The van der Waals surface area contributed by atoms with Crippen molar-refractivity contribution in [3.8, 4) is 0 Å². The normalized spacial score (nSPS) is 27.4. The molecule has 1 aromatic rings. The van der Waals surface area contributed by atoms with Crippen LogP contribution in [-0.4, -0.2) is 47.5 Å². The van der Waals surface area contributed by atoms with E-state index in [0.29, 0.717) is 6.61 Å². The summed E-state index contributed by atoms with van der Waals surface area (Å²) in [5, 5.41) is 2.66. The second-order valence-corrected chi connectivity index (χ2v) is 6.77. The van der Waals surface area contributed by atoms with Gasteiger partial charge in [-0.3, -0.25) is 4.79 Å². The number of hydrogen-bond acceptors (Lipinski definition) is 5. The molecule has 140 valence electrons. The van der Waals surface area contributed by atoms with Crippen molar-refractivity contribution >= 4 is 12.0 Å². The van der Waals surface area contributed by atoms with Crippen LogP contribution in [0, 0.1) is 0 Å². The van der Waals surface area contributed by atoms with Gasteiger partial charge in [0.1, 0.15) is 18.8 Å². The third-order valence-corrected chi connectivity index (χ3v) is 4.39. The Hall–Kier alpha value is -2.38. The van der Waals surface area contributed by atoms with Crippen LogP contribution in [0.5, 0.6) is 0 Å². The second kappa shape index (κ2) is 7.47. The van der Waals surface area contributed by atoms with E-state index < -0.39 is 17.9 Å². The zero-order valence-electron chi connectivity index (χ0n) is 15.2. The zero-order valence-corrected chi connectivity index (χ0v) is 15.2.